The van der Waals surface area contributed by atoms with Gasteiger partial charge in [-0.15, -0.1) is 0 Å². The second kappa shape index (κ2) is 58.4. The van der Waals surface area contributed by atoms with E-state index in [0.717, 1.165) is 38.5 Å². The van der Waals surface area contributed by atoms with Crippen molar-refractivity contribution in [3.63, 3.8) is 0 Å². The van der Waals surface area contributed by atoms with Gasteiger partial charge in [-0.25, -0.2) is 4.79 Å². The van der Waals surface area contributed by atoms with Gasteiger partial charge in [0.05, 0.1) is 34.4 Å². The molecule has 0 fully saturated rings. The number of hydrogen-bond donors (Lipinski definition) is 1. The van der Waals surface area contributed by atoms with Gasteiger partial charge in [-0.3, -0.25) is 9.59 Å². The second-order valence-electron chi connectivity index (χ2n) is 24.2. The smallest absolute Gasteiger partial charge is 0.361 e. The summed E-state index contributed by atoms with van der Waals surface area (Å²) in [6, 6.07) is 0. The van der Waals surface area contributed by atoms with Crippen molar-refractivity contribution in [3.8, 4) is 0 Å². The number of carbonyl (C=O) groups excluding carboxylic acids is 2. The third-order valence-electron chi connectivity index (χ3n) is 15.4. The summed E-state index contributed by atoms with van der Waals surface area (Å²) in [5.74, 6) is -1.98. The molecule has 75 heavy (non-hydrogen) atoms. The van der Waals surface area contributed by atoms with Gasteiger partial charge in [-0.05, 0) is 12.8 Å². The largest absolute Gasteiger partial charge is 0.477 e. The number of carboxylic acids is 1. The van der Waals surface area contributed by atoms with Crippen LogP contribution in [0.3, 0.4) is 0 Å². The van der Waals surface area contributed by atoms with E-state index in [1.807, 2.05) is 21.1 Å². The highest BCUT2D eigenvalue weighted by atomic mass is 16.7. The molecule has 0 radical (unpaired) electrons. The van der Waals surface area contributed by atoms with Gasteiger partial charge in [-0.2, -0.15) is 0 Å². The monoisotopic (exact) mass is 1060 g/mol. The van der Waals surface area contributed by atoms with Crippen LogP contribution in [0.2, 0.25) is 0 Å². The second-order valence-corrected chi connectivity index (χ2v) is 24.2. The number of quaternary nitrogens is 1. The molecule has 9 heteroatoms. The molecule has 2 unspecified atom stereocenters. The van der Waals surface area contributed by atoms with Crippen molar-refractivity contribution in [2.45, 2.75) is 360 Å². The quantitative estimate of drug-likeness (QED) is 0.0278. The van der Waals surface area contributed by atoms with E-state index in [1.54, 1.807) is 0 Å². The van der Waals surface area contributed by atoms with Crippen LogP contribution >= 0.6 is 0 Å². The lowest BCUT2D eigenvalue weighted by Crippen LogP contribution is -2.40. The van der Waals surface area contributed by atoms with Crippen molar-refractivity contribution < 1.29 is 42.9 Å². The third-order valence-corrected chi connectivity index (χ3v) is 15.4. The van der Waals surface area contributed by atoms with Crippen LogP contribution in [0.1, 0.15) is 348 Å². The highest BCUT2D eigenvalue weighted by Gasteiger charge is 2.25. The zero-order valence-electron chi connectivity index (χ0n) is 51.0. The van der Waals surface area contributed by atoms with Crippen molar-refractivity contribution in [3.05, 3.63) is 0 Å². The number of esters is 2. The Balaban J connectivity index is 3.87. The molecule has 0 aromatic heterocycles. The topological polar surface area (TPSA) is 108 Å². The van der Waals surface area contributed by atoms with E-state index in [4.69, 9.17) is 18.9 Å². The normalized spacial score (nSPS) is 12.6. The Bertz CT molecular complexity index is 1190. The Labute approximate surface area is 466 Å². The number of ether oxygens (including phenoxy) is 4. The maximum absolute atomic E-state index is 12.9. The maximum Gasteiger partial charge on any atom is 0.361 e. The fourth-order valence-corrected chi connectivity index (χ4v) is 10.3. The van der Waals surface area contributed by atoms with E-state index in [9.17, 15) is 19.5 Å². The molecule has 0 rings (SSSR count). The lowest BCUT2D eigenvalue weighted by atomic mass is 10.0. The highest BCUT2D eigenvalue weighted by molar-refractivity contribution is 5.71. The van der Waals surface area contributed by atoms with E-state index in [1.165, 1.54) is 283 Å². The summed E-state index contributed by atoms with van der Waals surface area (Å²) < 4.78 is 22.9. The molecule has 0 aromatic rings. The van der Waals surface area contributed by atoms with Crippen LogP contribution in [-0.4, -0.2) is 87.4 Å². The molecule has 0 amide bonds. The van der Waals surface area contributed by atoms with E-state index < -0.39 is 18.4 Å². The minimum Gasteiger partial charge on any atom is -0.477 e. The van der Waals surface area contributed by atoms with Crippen molar-refractivity contribution in [2.75, 3.05) is 47.5 Å². The Morgan fingerprint density at radius 1 is 0.347 bits per heavy atom. The Hall–Kier alpha value is -1.71. The first-order chi connectivity index (χ1) is 36.6. The van der Waals surface area contributed by atoms with E-state index in [-0.39, 0.29) is 38.2 Å². The molecule has 0 saturated carbocycles. The average Bonchev–Trinajstić information content (AvgIpc) is 3.38. The van der Waals surface area contributed by atoms with Crippen molar-refractivity contribution in [1.29, 1.82) is 0 Å². The van der Waals surface area contributed by atoms with Crippen LogP contribution in [0.25, 0.3) is 0 Å². The van der Waals surface area contributed by atoms with Crippen LogP contribution in [-0.2, 0) is 33.3 Å². The number of hydrogen-bond acceptors (Lipinski definition) is 7. The minimum absolute atomic E-state index is 0.173. The molecule has 9 nitrogen and oxygen atoms in total. The van der Waals surface area contributed by atoms with Gasteiger partial charge in [-0.1, -0.05) is 322 Å². The van der Waals surface area contributed by atoms with Gasteiger partial charge in [0.25, 0.3) is 6.29 Å². The maximum atomic E-state index is 12.9. The molecule has 1 N–H and O–H groups in total. The molecule has 446 valence electrons. The SMILES string of the molecule is CCCCCCCCCCCCCCCCCCCCCCCCCCCCCCCCCCCCCCCCC(=O)OC(COC(=O)CCCCCCCCCCCCCC)COC(OCC[N+](C)(C)C)C(=O)O. The summed E-state index contributed by atoms with van der Waals surface area (Å²) in [5.41, 5.74) is 0. The van der Waals surface area contributed by atoms with E-state index >= 15 is 0 Å². The number of carbonyl (C=O) groups is 3. The summed E-state index contributed by atoms with van der Waals surface area (Å²) in [6.45, 7) is 4.94. The van der Waals surface area contributed by atoms with E-state index in [2.05, 4.69) is 13.8 Å². The van der Waals surface area contributed by atoms with Gasteiger partial charge in [0.1, 0.15) is 13.2 Å². The van der Waals surface area contributed by atoms with Crippen molar-refractivity contribution in [2.24, 2.45) is 0 Å². The first-order valence-electron chi connectivity index (χ1n) is 33.2. The Morgan fingerprint density at radius 2 is 0.600 bits per heavy atom. The standard InChI is InChI=1S/C66H129NO8/c1-6-8-10-12-14-16-18-20-21-22-23-24-25-26-27-28-29-30-31-32-33-34-35-36-37-38-39-40-41-42-43-44-45-47-49-51-53-55-57-64(69)75-62(61-74-66(65(70)71)72-59-58-67(3,4)5)60-73-63(68)56-54-52-50-48-46-19-17-15-13-11-9-7-2/h62,66H,6-61H2,1-5H3/p+1. The molecule has 0 aliphatic carbocycles. The number of rotatable bonds is 63. The van der Waals surface area contributed by atoms with Gasteiger partial charge in [0.2, 0.25) is 0 Å². The number of likely N-dealkylation sites (N-methyl/N-ethyl adjacent to an activating group) is 1. The van der Waals surface area contributed by atoms with Gasteiger partial charge in [0, 0.05) is 12.8 Å². The molecule has 0 aromatic carbocycles. The minimum atomic E-state index is -1.50. The van der Waals surface area contributed by atoms with Crippen LogP contribution < -0.4 is 0 Å². The molecule has 0 heterocycles. The fraction of sp³-hybridized carbons (Fsp3) is 0.955. The summed E-state index contributed by atoms with van der Waals surface area (Å²) in [7, 11) is 5.98. The lowest BCUT2D eigenvalue weighted by molar-refractivity contribution is -0.870. The molecule has 0 saturated heterocycles. The summed E-state index contributed by atoms with van der Waals surface area (Å²) in [4.78, 5) is 37.4. The van der Waals surface area contributed by atoms with Crippen molar-refractivity contribution in [1.82, 2.24) is 0 Å². The average molecular weight is 1070 g/mol. The fourth-order valence-electron chi connectivity index (χ4n) is 10.3. The first-order valence-corrected chi connectivity index (χ1v) is 33.2. The lowest BCUT2D eigenvalue weighted by Gasteiger charge is -2.25. The molecule has 0 aliphatic heterocycles. The molecule has 0 bridgehead atoms. The highest BCUT2D eigenvalue weighted by Crippen LogP contribution is 2.19. The molecule has 0 aliphatic rings. The summed E-state index contributed by atoms with van der Waals surface area (Å²) >= 11 is 0. The van der Waals surface area contributed by atoms with Crippen molar-refractivity contribution >= 4 is 17.9 Å². The van der Waals surface area contributed by atoms with Crippen LogP contribution in [0, 0.1) is 0 Å². The number of unbranched alkanes of at least 4 members (excludes halogenated alkanes) is 48. The Morgan fingerprint density at radius 3 is 0.853 bits per heavy atom. The van der Waals surface area contributed by atoms with Crippen LogP contribution in [0.4, 0.5) is 0 Å². The van der Waals surface area contributed by atoms with Crippen LogP contribution in [0.15, 0.2) is 0 Å². The third kappa shape index (κ3) is 59.8. The predicted molar refractivity (Wildman–Crippen MR) is 318 cm³/mol. The summed E-state index contributed by atoms with van der Waals surface area (Å²) in [5, 5.41) is 9.69. The molecular weight excluding hydrogens is 935 g/mol. The van der Waals surface area contributed by atoms with Gasteiger partial charge >= 0.3 is 17.9 Å². The molecule has 2 atom stereocenters. The van der Waals surface area contributed by atoms with Gasteiger partial charge in [0.15, 0.2) is 6.10 Å². The first kappa shape index (κ1) is 73.3. The molecular formula is C66H130NO8+. The summed E-state index contributed by atoms with van der Waals surface area (Å²) in [6.07, 6.45) is 65.3. The number of aliphatic carboxylic acids is 1. The number of carboxylic acid groups (broad SMARTS) is 1. The van der Waals surface area contributed by atoms with Gasteiger partial charge < -0.3 is 28.5 Å². The predicted octanol–water partition coefficient (Wildman–Crippen LogP) is 19.9. The van der Waals surface area contributed by atoms with Crippen LogP contribution in [0.5, 0.6) is 0 Å². The number of nitrogens with zero attached hydrogens (tertiary/aromatic N) is 1. The van der Waals surface area contributed by atoms with E-state index in [0.29, 0.717) is 17.4 Å². The zero-order chi connectivity index (χ0) is 54.8. The molecule has 0 spiro atoms. The zero-order valence-corrected chi connectivity index (χ0v) is 51.0. The Kier molecular flexibility index (Phi) is 57.1.